The predicted molar refractivity (Wildman–Crippen MR) is 298 cm³/mol. The summed E-state index contributed by atoms with van der Waals surface area (Å²) in [5.74, 6) is 3.15. The quantitative estimate of drug-likeness (QED) is 0.137. The molecule has 1 aliphatic rings. The molecule has 0 atom stereocenters. The number of fused-ring (bicyclic) bond motifs is 3. The van der Waals surface area contributed by atoms with Gasteiger partial charge in [0.05, 0.1) is 17.7 Å². The second-order valence-corrected chi connectivity index (χ2v) is 23.9. The highest BCUT2D eigenvalue weighted by atomic mass is 16.5. The minimum absolute atomic E-state index is 0.0363. The fourth-order valence-electron chi connectivity index (χ4n) is 10.5. The lowest BCUT2D eigenvalue weighted by Gasteiger charge is -2.32. The van der Waals surface area contributed by atoms with Crippen molar-refractivity contribution in [2.24, 2.45) is 5.41 Å². The Morgan fingerprint density at radius 3 is 1.83 bits per heavy atom. The molecule has 0 spiro atoms. The van der Waals surface area contributed by atoms with Gasteiger partial charge < -0.3 is 14.5 Å². The molecule has 0 unspecified atom stereocenters. The number of hydrogen-bond donors (Lipinski definition) is 0. The first-order valence-electron chi connectivity index (χ1n) is 25.4. The third kappa shape index (κ3) is 9.16. The van der Waals surface area contributed by atoms with E-state index < -0.39 is 0 Å². The van der Waals surface area contributed by atoms with Crippen LogP contribution in [0.25, 0.3) is 38.8 Å². The summed E-state index contributed by atoms with van der Waals surface area (Å²) in [5.41, 5.74) is 15.4. The number of pyridine rings is 1. The van der Waals surface area contributed by atoms with Crippen LogP contribution in [-0.4, -0.2) is 16.2 Å². The van der Waals surface area contributed by atoms with E-state index >= 15 is 0 Å². The molecule has 8 aromatic rings. The van der Waals surface area contributed by atoms with Gasteiger partial charge in [0.15, 0.2) is 0 Å². The summed E-state index contributed by atoms with van der Waals surface area (Å²) in [5, 5.41) is 2.44. The molecular weight excluding hydrogens is 853 g/mol. The zero-order valence-corrected chi connectivity index (χ0v) is 44.5. The molecule has 1 aliphatic heterocycles. The number of hydrogen-bond acceptors (Lipinski definition) is 4. The topological polar surface area (TPSA) is 33.5 Å². The fraction of sp³-hybridized carbons (Fsp3) is 0.338. The van der Waals surface area contributed by atoms with Gasteiger partial charge in [-0.05, 0) is 116 Å². The second kappa shape index (κ2) is 18.0. The summed E-state index contributed by atoms with van der Waals surface area (Å²) in [6.07, 6.45) is 4.32. The maximum Gasteiger partial charge on any atom is 0.137 e. The number of aromatic nitrogens is 2. The Morgan fingerprint density at radius 1 is 0.529 bits per heavy atom. The Morgan fingerprint density at radius 2 is 1.17 bits per heavy atom. The second-order valence-electron chi connectivity index (χ2n) is 23.9. The van der Waals surface area contributed by atoms with Gasteiger partial charge in [-0.1, -0.05) is 183 Å². The molecule has 0 radical (unpaired) electrons. The van der Waals surface area contributed by atoms with Crippen LogP contribution in [0.2, 0.25) is 0 Å². The van der Waals surface area contributed by atoms with E-state index in [9.17, 15) is 0 Å². The number of nitrogens with zero attached hydrogens (tertiary/aromatic N) is 4. The number of para-hydroxylation sites is 1. The number of allylic oxidation sites excluding steroid dienone is 1. The molecule has 2 aromatic heterocycles. The monoisotopic (exact) mass is 927 g/mol. The lowest BCUT2D eigenvalue weighted by molar-refractivity contribution is 0.478. The number of anilines is 2. The van der Waals surface area contributed by atoms with Crippen LogP contribution in [-0.2, 0) is 16.2 Å². The van der Waals surface area contributed by atoms with Gasteiger partial charge in [0.25, 0.3) is 0 Å². The molecule has 0 N–H and O–H groups in total. The molecule has 6 aromatic carbocycles. The van der Waals surface area contributed by atoms with Crippen LogP contribution in [0.15, 0.2) is 158 Å². The molecule has 0 saturated heterocycles. The summed E-state index contributed by atoms with van der Waals surface area (Å²) >= 11 is 0. The normalized spacial score (nSPS) is 13.9. The summed E-state index contributed by atoms with van der Waals surface area (Å²) in [4.78, 5) is 9.97. The maximum absolute atomic E-state index is 7.38. The van der Waals surface area contributed by atoms with Gasteiger partial charge in [-0.3, -0.25) is 4.57 Å². The van der Waals surface area contributed by atoms with Crippen molar-refractivity contribution in [3.63, 3.8) is 0 Å². The van der Waals surface area contributed by atoms with Crippen LogP contribution in [0.5, 0.6) is 11.5 Å². The minimum Gasteiger partial charge on any atom is -0.457 e. The first-order valence-corrected chi connectivity index (χ1v) is 25.4. The average Bonchev–Trinajstić information content (AvgIpc) is 3.92. The summed E-state index contributed by atoms with van der Waals surface area (Å²) in [7, 11) is 0. The van der Waals surface area contributed by atoms with Gasteiger partial charge in [0, 0.05) is 63.2 Å². The Balaban J connectivity index is 1.23. The molecule has 360 valence electrons. The standard InChI is InChI=1S/C65H74N4O/c1-42(2)52-28-22-29-53(43(3)4)60(52)44-33-49(68-41-67(40-58(68)64(11,12)13)48-26-21-25-47(35-48)65(14,15)45-23-17-16-18-24-45)37-50(34-44)70-51-38-55(63(8,9)10)61-54-27-19-20-30-56(54)69(57(61)39-51)59-36-46(31-32-66-59)62(5,6)7/h16-40,42-43H,41H2,1-15H3. The van der Waals surface area contributed by atoms with Crippen LogP contribution < -0.4 is 14.5 Å². The third-order valence-electron chi connectivity index (χ3n) is 14.5. The molecule has 0 bridgehead atoms. The SMILES string of the molecule is CC(C)c1cccc(C(C)C)c1-c1cc(Oc2cc(C(C)(C)C)c3c4ccccc4n(-c4cc(C(C)(C)C)ccn4)c3c2)cc(N2CN(c3cccc(C(C)(C)c4ccccc4)c3)C=C2C(C)(C)C)c1. The van der Waals surface area contributed by atoms with Crippen molar-refractivity contribution in [1.82, 2.24) is 9.55 Å². The lowest BCUT2D eigenvalue weighted by atomic mass is 9.78. The van der Waals surface area contributed by atoms with Crippen LogP contribution >= 0.6 is 0 Å². The molecule has 5 heteroatoms. The Hall–Kier alpha value is -6.59. The Kier molecular flexibility index (Phi) is 12.4. The van der Waals surface area contributed by atoms with Gasteiger partial charge >= 0.3 is 0 Å². The van der Waals surface area contributed by atoms with Gasteiger partial charge in [0.2, 0.25) is 0 Å². The minimum atomic E-state index is -0.193. The zero-order valence-electron chi connectivity index (χ0n) is 44.5. The van der Waals surface area contributed by atoms with Crippen LogP contribution in [0.3, 0.4) is 0 Å². The van der Waals surface area contributed by atoms with E-state index in [0.717, 1.165) is 39.6 Å². The van der Waals surface area contributed by atoms with Crippen molar-refractivity contribution in [3.05, 3.63) is 191 Å². The zero-order chi connectivity index (χ0) is 50.1. The smallest absolute Gasteiger partial charge is 0.137 e. The van der Waals surface area contributed by atoms with Crippen molar-refractivity contribution in [2.75, 3.05) is 16.5 Å². The summed E-state index contributed by atoms with van der Waals surface area (Å²) in [6, 6.07) is 51.5. The fourth-order valence-corrected chi connectivity index (χ4v) is 10.5. The first kappa shape index (κ1) is 48.4. The number of benzene rings is 6. The van der Waals surface area contributed by atoms with Gasteiger partial charge in [-0.15, -0.1) is 0 Å². The maximum atomic E-state index is 7.38. The van der Waals surface area contributed by atoms with Crippen molar-refractivity contribution in [3.8, 4) is 28.4 Å². The average molecular weight is 927 g/mol. The number of rotatable bonds is 10. The van der Waals surface area contributed by atoms with Crippen LogP contribution in [0.1, 0.15) is 149 Å². The molecule has 3 heterocycles. The highest BCUT2D eigenvalue weighted by molar-refractivity contribution is 6.11. The largest absolute Gasteiger partial charge is 0.457 e. The molecule has 0 amide bonds. The molecule has 0 saturated carbocycles. The van der Waals surface area contributed by atoms with E-state index in [1.165, 1.54) is 61.1 Å². The number of ether oxygens (including phenoxy) is 1. The van der Waals surface area contributed by atoms with Crippen molar-refractivity contribution in [2.45, 2.75) is 132 Å². The van der Waals surface area contributed by atoms with Crippen molar-refractivity contribution in [1.29, 1.82) is 0 Å². The van der Waals surface area contributed by atoms with E-state index in [-0.39, 0.29) is 21.7 Å². The van der Waals surface area contributed by atoms with E-state index in [0.29, 0.717) is 18.5 Å². The molecular formula is C65H74N4O. The molecule has 5 nitrogen and oxygen atoms in total. The summed E-state index contributed by atoms with van der Waals surface area (Å²) < 4.78 is 9.72. The third-order valence-corrected chi connectivity index (χ3v) is 14.5. The Labute approximate surface area is 418 Å². The Bertz CT molecular complexity index is 3230. The van der Waals surface area contributed by atoms with E-state index in [4.69, 9.17) is 9.72 Å². The van der Waals surface area contributed by atoms with E-state index in [2.05, 4.69) is 264 Å². The molecule has 9 rings (SSSR count). The summed E-state index contributed by atoms with van der Waals surface area (Å²) in [6.45, 7) is 35.2. The molecule has 0 aliphatic carbocycles. The van der Waals surface area contributed by atoms with E-state index in [1.54, 1.807) is 0 Å². The van der Waals surface area contributed by atoms with Crippen LogP contribution in [0, 0.1) is 5.41 Å². The first-order chi connectivity index (χ1) is 33.0. The van der Waals surface area contributed by atoms with Gasteiger partial charge in [-0.2, -0.15) is 0 Å². The highest BCUT2D eigenvalue weighted by Gasteiger charge is 2.34. The molecule has 0 fully saturated rings. The van der Waals surface area contributed by atoms with Crippen LogP contribution in [0.4, 0.5) is 11.4 Å². The van der Waals surface area contributed by atoms with Gasteiger partial charge in [-0.25, -0.2) is 4.98 Å². The van der Waals surface area contributed by atoms with E-state index in [1.807, 2.05) is 6.20 Å². The van der Waals surface area contributed by atoms with Gasteiger partial charge in [0.1, 0.15) is 17.3 Å². The lowest BCUT2D eigenvalue weighted by Crippen LogP contribution is -2.30. The van der Waals surface area contributed by atoms with Crippen molar-refractivity contribution >= 4 is 33.2 Å². The predicted octanol–water partition coefficient (Wildman–Crippen LogP) is 18.0. The van der Waals surface area contributed by atoms with Crippen molar-refractivity contribution < 1.29 is 4.74 Å². The molecule has 70 heavy (non-hydrogen) atoms. The highest BCUT2D eigenvalue weighted by Crippen LogP contribution is 2.47.